The second-order valence-corrected chi connectivity index (χ2v) is 5.99. The summed E-state index contributed by atoms with van der Waals surface area (Å²) in [6.45, 7) is 5.76. The van der Waals surface area contributed by atoms with Crippen molar-refractivity contribution in [2.75, 3.05) is 32.7 Å². The first-order valence-corrected chi connectivity index (χ1v) is 7.24. The lowest BCUT2D eigenvalue weighted by Gasteiger charge is -2.54. The summed E-state index contributed by atoms with van der Waals surface area (Å²) in [5, 5.41) is 9.79. The molecule has 0 aromatic heterocycles. The van der Waals surface area contributed by atoms with E-state index < -0.39 is 0 Å². The quantitative estimate of drug-likeness (QED) is 0.692. The van der Waals surface area contributed by atoms with Crippen molar-refractivity contribution in [3.8, 4) is 6.07 Å². The molecule has 0 amide bonds. The van der Waals surface area contributed by atoms with E-state index in [0.717, 1.165) is 19.6 Å². The molecule has 0 N–H and O–H groups in total. The molecule has 1 atom stereocenters. The van der Waals surface area contributed by atoms with Gasteiger partial charge in [-0.3, -0.25) is 4.90 Å². The topological polar surface area (TPSA) is 30.3 Å². The maximum atomic E-state index is 9.79. The maximum Gasteiger partial charge on any atom is 0.124 e. The predicted molar refractivity (Wildman–Crippen MR) is 67.5 cm³/mol. The minimum Gasteiger partial charge on any atom is -0.300 e. The van der Waals surface area contributed by atoms with Gasteiger partial charge in [0.1, 0.15) is 5.54 Å². The highest BCUT2D eigenvalue weighted by atomic mass is 15.3. The summed E-state index contributed by atoms with van der Waals surface area (Å²) in [6, 6.07) is 2.73. The van der Waals surface area contributed by atoms with Crippen molar-refractivity contribution in [3.63, 3.8) is 0 Å². The summed E-state index contributed by atoms with van der Waals surface area (Å²) >= 11 is 0. The molecule has 0 aliphatic carbocycles. The third kappa shape index (κ3) is 1.88. The first-order chi connectivity index (χ1) is 8.35. The van der Waals surface area contributed by atoms with E-state index >= 15 is 0 Å². The summed E-state index contributed by atoms with van der Waals surface area (Å²) in [5.74, 6) is 0.635. The van der Waals surface area contributed by atoms with E-state index in [1.165, 1.54) is 51.6 Å². The number of rotatable bonds is 1. The van der Waals surface area contributed by atoms with Gasteiger partial charge in [-0.15, -0.1) is 0 Å². The van der Waals surface area contributed by atoms with Gasteiger partial charge in [-0.2, -0.15) is 5.26 Å². The fourth-order valence-corrected chi connectivity index (χ4v) is 4.06. The minimum absolute atomic E-state index is 0.138. The Kier molecular flexibility index (Phi) is 3.10. The molecule has 0 aromatic rings. The van der Waals surface area contributed by atoms with Crippen molar-refractivity contribution < 1.29 is 0 Å². The SMILES string of the molecule is N#CC1(N2CCCCCC2)CN2CCC1CC2. The third-order valence-electron chi connectivity index (χ3n) is 5.09. The fourth-order valence-electron chi connectivity index (χ4n) is 4.06. The zero-order valence-electron chi connectivity index (χ0n) is 10.7. The zero-order chi connectivity index (χ0) is 11.7. The third-order valence-corrected chi connectivity index (χ3v) is 5.09. The van der Waals surface area contributed by atoms with Crippen LogP contribution in [0, 0.1) is 17.2 Å². The van der Waals surface area contributed by atoms with Crippen LogP contribution in [0.5, 0.6) is 0 Å². The molecule has 1 unspecified atom stereocenters. The van der Waals surface area contributed by atoms with E-state index in [1.54, 1.807) is 0 Å². The number of fused-ring (bicyclic) bond motifs is 3. The molecular weight excluding hydrogens is 210 g/mol. The largest absolute Gasteiger partial charge is 0.300 e. The Bertz CT molecular complexity index is 306. The number of nitrogens with zero attached hydrogens (tertiary/aromatic N) is 3. The van der Waals surface area contributed by atoms with Gasteiger partial charge in [-0.25, -0.2) is 0 Å². The molecule has 0 radical (unpaired) electrons. The van der Waals surface area contributed by atoms with E-state index in [4.69, 9.17) is 0 Å². The summed E-state index contributed by atoms with van der Waals surface area (Å²) in [6.07, 6.45) is 7.76. The Hall–Kier alpha value is -0.590. The van der Waals surface area contributed by atoms with Crippen molar-refractivity contribution in [3.05, 3.63) is 0 Å². The van der Waals surface area contributed by atoms with Crippen LogP contribution in [0.15, 0.2) is 0 Å². The van der Waals surface area contributed by atoms with Crippen LogP contribution in [-0.4, -0.2) is 48.1 Å². The van der Waals surface area contributed by atoms with E-state index in [1.807, 2.05) is 0 Å². The number of likely N-dealkylation sites (tertiary alicyclic amines) is 1. The Morgan fingerprint density at radius 3 is 2.06 bits per heavy atom. The lowest BCUT2D eigenvalue weighted by molar-refractivity contribution is -0.0370. The monoisotopic (exact) mass is 233 g/mol. The molecule has 4 aliphatic heterocycles. The Labute approximate surface area is 104 Å². The Morgan fingerprint density at radius 1 is 0.941 bits per heavy atom. The van der Waals surface area contributed by atoms with E-state index in [0.29, 0.717) is 5.92 Å². The first-order valence-electron chi connectivity index (χ1n) is 7.24. The first kappa shape index (κ1) is 11.5. The Balaban J connectivity index is 1.83. The average molecular weight is 233 g/mol. The Morgan fingerprint density at radius 2 is 1.59 bits per heavy atom. The summed E-state index contributed by atoms with van der Waals surface area (Å²) in [7, 11) is 0. The van der Waals surface area contributed by atoms with Crippen LogP contribution in [0.2, 0.25) is 0 Å². The van der Waals surface area contributed by atoms with Gasteiger partial charge >= 0.3 is 0 Å². The smallest absolute Gasteiger partial charge is 0.124 e. The van der Waals surface area contributed by atoms with Crippen molar-refractivity contribution in [2.45, 2.75) is 44.1 Å². The fraction of sp³-hybridized carbons (Fsp3) is 0.929. The summed E-state index contributed by atoms with van der Waals surface area (Å²) < 4.78 is 0. The van der Waals surface area contributed by atoms with Gasteiger partial charge in [0.15, 0.2) is 0 Å². The van der Waals surface area contributed by atoms with Crippen LogP contribution in [0.1, 0.15) is 38.5 Å². The second-order valence-electron chi connectivity index (χ2n) is 5.99. The highest BCUT2D eigenvalue weighted by Crippen LogP contribution is 2.40. The van der Waals surface area contributed by atoms with Crippen molar-refractivity contribution in [1.82, 2.24) is 9.80 Å². The normalized spacial score (nSPS) is 43.0. The number of piperidine rings is 3. The van der Waals surface area contributed by atoms with Gasteiger partial charge in [0.05, 0.1) is 6.07 Å². The molecule has 3 nitrogen and oxygen atoms in total. The molecule has 94 valence electrons. The highest BCUT2D eigenvalue weighted by molar-refractivity contribution is 5.18. The molecule has 2 bridgehead atoms. The van der Waals surface area contributed by atoms with Crippen LogP contribution in [-0.2, 0) is 0 Å². The standard InChI is InChI=1S/C14H23N3/c15-11-14(17-7-3-1-2-4-8-17)12-16-9-5-13(14)6-10-16/h13H,1-10,12H2. The van der Waals surface area contributed by atoms with E-state index in [-0.39, 0.29) is 5.54 Å². The second kappa shape index (κ2) is 4.59. The zero-order valence-corrected chi connectivity index (χ0v) is 10.7. The van der Waals surface area contributed by atoms with Crippen molar-refractivity contribution in [2.24, 2.45) is 5.92 Å². The number of hydrogen-bond donors (Lipinski definition) is 0. The molecule has 4 saturated heterocycles. The molecule has 0 spiro atoms. The van der Waals surface area contributed by atoms with Crippen LogP contribution in [0.4, 0.5) is 0 Å². The molecule has 0 aromatic carbocycles. The predicted octanol–water partition coefficient (Wildman–Crippen LogP) is 1.85. The lowest BCUT2D eigenvalue weighted by Crippen LogP contribution is -2.66. The van der Waals surface area contributed by atoms with Crippen LogP contribution in [0.25, 0.3) is 0 Å². The van der Waals surface area contributed by atoms with Gasteiger partial charge < -0.3 is 4.90 Å². The van der Waals surface area contributed by atoms with Crippen LogP contribution in [0.3, 0.4) is 0 Å². The highest BCUT2D eigenvalue weighted by Gasteiger charge is 2.50. The van der Waals surface area contributed by atoms with Crippen LogP contribution >= 0.6 is 0 Å². The number of nitriles is 1. The van der Waals surface area contributed by atoms with Gasteiger partial charge in [0.2, 0.25) is 0 Å². The molecule has 0 saturated carbocycles. The molecule has 17 heavy (non-hydrogen) atoms. The van der Waals surface area contributed by atoms with Gasteiger partial charge in [0, 0.05) is 6.54 Å². The molecule has 4 fully saturated rings. The molecule has 3 heteroatoms. The minimum atomic E-state index is -0.138. The molecule has 4 heterocycles. The number of hydrogen-bond acceptors (Lipinski definition) is 3. The molecular formula is C14H23N3. The molecule has 4 aliphatic rings. The maximum absolute atomic E-state index is 9.79. The van der Waals surface area contributed by atoms with Gasteiger partial charge in [0.25, 0.3) is 0 Å². The van der Waals surface area contributed by atoms with Crippen LogP contribution < -0.4 is 0 Å². The lowest BCUT2D eigenvalue weighted by atomic mass is 9.72. The summed E-state index contributed by atoms with van der Waals surface area (Å²) in [5.41, 5.74) is -0.138. The molecule has 4 rings (SSSR count). The van der Waals surface area contributed by atoms with Crippen molar-refractivity contribution >= 4 is 0 Å². The average Bonchev–Trinajstić information content (AvgIpc) is 2.69. The van der Waals surface area contributed by atoms with Crippen molar-refractivity contribution in [1.29, 1.82) is 5.26 Å². The van der Waals surface area contributed by atoms with Gasteiger partial charge in [-0.05, 0) is 57.8 Å². The van der Waals surface area contributed by atoms with Gasteiger partial charge in [-0.1, -0.05) is 12.8 Å². The van der Waals surface area contributed by atoms with E-state index in [9.17, 15) is 5.26 Å². The summed E-state index contributed by atoms with van der Waals surface area (Å²) in [4.78, 5) is 5.05. The van der Waals surface area contributed by atoms with E-state index in [2.05, 4.69) is 15.9 Å².